The van der Waals surface area contributed by atoms with E-state index in [2.05, 4.69) is 0 Å². The van der Waals surface area contributed by atoms with Gasteiger partial charge in [-0.15, -0.1) is 0 Å². The first-order valence-electron chi connectivity index (χ1n) is 6.59. The van der Waals surface area contributed by atoms with Gasteiger partial charge in [-0.25, -0.2) is 0 Å². The molecule has 1 fully saturated rings. The van der Waals surface area contributed by atoms with Gasteiger partial charge >= 0.3 is 29.6 Å². The Bertz CT molecular complexity index is 209. The van der Waals surface area contributed by atoms with E-state index in [0.29, 0.717) is 12.8 Å². The minimum absolute atomic E-state index is 0. The molecule has 1 saturated carbocycles. The second-order valence-electron chi connectivity index (χ2n) is 4.95. The zero-order valence-corrected chi connectivity index (χ0v) is 13.0. The average molecular weight is 250 g/mol. The van der Waals surface area contributed by atoms with Crippen LogP contribution >= 0.6 is 0 Å². The van der Waals surface area contributed by atoms with E-state index in [1.54, 1.807) is 0 Å². The third-order valence-electron chi connectivity index (χ3n) is 3.52. The van der Waals surface area contributed by atoms with Crippen LogP contribution in [0.5, 0.6) is 0 Å². The maximum absolute atomic E-state index is 10.9. The number of aliphatic carboxylic acids is 1. The van der Waals surface area contributed by atoms with Gasteiger partial charge in [-0.2, -0.15) is 0 Å². The minimum Gasteiger partial charge on any atom is -0.550 e. The molecule has 0 heterocycles. The van der Waals surface area contributed by atoms with Gasteiger partial charge in [-0.05, 0) is 31.6 Å². The van der Waals surface area contributed by atoms with Crippen molar-refractivity contribution in [1.29, 1.82) is 0 Å². The first-order valence-corrected chi connectivity index (χ1v) is 6.59. The zero-order valence-electron chi connectivity index (χ0n) is 11.0. The van der Waals surface area contributed by atoms with Gasteiger partial charge in [-0.1, -0.05) is 38.5 Å². The largest absolute Gasteiger partial charge is 1.00 e. The van der Waals surface area contributed by atoms with Gasteiger partial charge in [0.15, 0.2) is 0 Å². The normalized spacial score (nSPS) is 28.3. The Kier molecular flexibility index (Phi) is 10.6. The van der Waals surface area contributed by atoms with Crippen molar-refractivity contribution in [2.24, 2.45) is 5.92 Å². The van der Waals surface area contributed by atoms with Crippen LogP contribution in [0.3, 0.4) is 0 Å². The SMILES string of the molecule is O=C([O-])C1CCCCCCCCC(O)CC1.[Na+]. The summed E-state index contributed by atoms with van der Waals surface area (Å²) in [5.74, 6) is -1.29. The maximum Gasteiger partial charge on any atom is 1.00 e. The predicted molar refractivity (Wildman–Crippen MR) is 60.7 cm³/mol. The van der Waals surface area contributed by atoms with Crippen molar-refractivity contribution in [3.05, 3.63) is 0 Å². The molecule has 0 aliphatic heterocycles. The first kappa shape index (κ1) is 17.4. The molecule has 0 bridgehead atoms. The fraction of sp³-hybridized carbons (Fsp3) is 0.923. The predicted octanol–water partition coefficient (Wildman–Crippen LogP) is -1.37. The summed E-state index contributed by atoms with van der Waals surface area (Å²) in [6, 6.07) is 0. The number of carboxylic acid groups (broad SMARTS) is 1. The second kappa shape index (κ2) is 10.4. The number of carboxylic acids is 1. The molecule has 1 rings (SSSR count). The van der Waals surface area contributed by atoms with E-state index in [1.807, 2.05) is 0 Å². The van der Waals surface area contributed by atoms with Gasteiger partial charge in [0.1, 0.15) is 0 Å². The molecule has 2 unspecified atom stereocenters. The van der Waals surface area contributed by atoms with Gasteiger partial charge in [0, 0.05) is 5.97 Å². The van der Waals surface area contributed by atoms with E-state index in [0.717, 1.165) is 32.1 Å². The molecule has 0 radical (unpaired) electrons. The molecule has 0 saturated heterocycles. The molecule has 0 aromatic rings. The van der Waals surface area contributed by atoms with Crippen molar-refractivity contribution in [1.82, 2.24) is 0 Å². The maximum atomic E-state index is 10.9. The van der Waals surface area contributed by atoms with Crippen molar-refractivity contribution >= 4 is 5.97 Å². The molecule has 2 atom stereocenters. The van der Waals surface area contributed by atoms with Crippen LogP contribution in [0.25, 0.3) is 0 Å². The molecular formula is C13H23NaO3. The van der Waals surface area contributed by atoms with Gasteiger partial charge in [0.05, 0.1) is 6.10 Å². The Labute approximate surface area is 126 Å². The number of aliphatic hydroxyl groups is 1. The average Bonchev–Trinajstić information content (AvgIpc) is 2.23. The van der Waals surface area contributed by atoms with Gasteiger partial charge in [0.25, 0.3) is 0 Å². The molecule has 1 aliphatic carbocycles. The molecule has 0 amide bonds. The minimum atomic E-state index is -0.941. The van der Waals surface area contributed by atoms with E-state index < -0.39 is 5.97 Å². The van der Waals surface area contributed by atoms with Crippen molar-refractivity contribution < 1.29 is 44.6 Å². The van der Waals surface area contributed by atoms with E-state index in [-0.39, 0.29) is 41.6 Å². The van der Waals surface area contributed by atoms with Crippen molar-refractivity contribution in [2.75, 3.05) is 0 Å². The molecule has 0 spiro atoms. The number of hydrogen-bond acceptors (Lipinski definition) is 3. The summed E-state index contributed by atoms with van der Waals surface area (Å²) in [6.45, 7) is 0. The topological polar surface area (TPSA) is 60.4 Å². The van der Waals surface area contributed by atoms with Crippen molar-refractivity contribution in [3.8, 4) is 0 Å². The van der Waals surface area contributed by atoms with Gasteiger partial charge < -0.3 is 15.0 Å². The fourth-order valence-electron chi connectivity index (χ4n) is 2.40. The molecule has 0 aromatic carbocycles. The molecule has 3 nitrogen and oxygen atoms in total. The summed E-state index contributed by atoms with van der Waals surface area (Å²) >= 11 is 0. The number of carbonyl (C=O) groups is 1. The Morgan fingerprint density at radius 1 is 0.882 bits per heavy atom. The van der Waals surface area contributed by atoms with Crippen molar-refractivity contribution in [2.45, 2.75) is 70.3 Å². The number of aliphatic hydroxyl groups excluding tert-OH is 1. The first-order chi connectivity index (χ1) is 7.70. The molecule has 4 heteroatoms. The second-order valence-corrected chi connectivity index (χ2v) is 4.95. The number of rotatable bonds is 1. The zero-order chi connectivity index (χ0) is 11.8. The van der Waals surface area contributed by atoms with Crippen LogP contribution in [0.2, 0.25) is 0 Å². The van der Waals surface area contributed by atoms with Gasteiger partial charge in [0.2, 0.25) is 0 Å². The third kappa shape index (κ3) is 8.20. The van der Waals surface area contributed by atoms with E-state index in [4.69, 9.17) is 0 Å². The Morgan fingerprint density at radius 2 is 1.41 bits per heavy atom. The van der Waals surface area contributed by atoms with E-state index in [1.165, 1.54) is 19.3 Å². The van der Waals surface area contributed by atoms with Gasteiger partial charge in [-0.3, -0.25) is 0 Å². The Morgan fingerprint density at radius 3 is 2.00 bits per heavy atom. The summed E-state index contributed by atoms with van der Waals surface area (Å²) in [6.07, 6.45) is 9.18. The van der Waals surface area contributed by atoms with E-state index in [9.17, 15) is 15.0 Å². The van der Waals surface area contributed by atoms with Crippen LogP contribution in [0.1, 0.15) is 64.2 Å². The molecule has 0 aromatic heterocycles. The van der Waals surface area contributed by atoms with Crippen LogP contribution in [0.15, 0.2) is 0 Å². The molecular weight excluding hydrogens is 227 g/mol. The van der Waals surface area contributed by atoms with Crippen LogP contribution in [0.4, 0.5) is 0 Å². The van der Waals surface area contributed by atoms with Crippen LogP contribution in [-0.4, -0.2) is 17.2 Å². The fourth-order valence-corrected chi connectivity index (χ4v) is 2.40. The number of hydrogen-bond donors (Lipinski definition) is 1. The monoisotopic (exact) mass is 250 g/mol. The summed E-state index contributed by atoms with van der Waals surface area (Å²) in [5.41, 5.74) is 0. The Hall–Kier alpha value is 0.430. The van der Waals surface area contributed by atoms with Crippen LogP contribution in [0, 0.1) is 5.92 Å². The molecule has 17 heavy (non-hydrogen) atoms. The molecule has 1 N–H and O–H groups in total. The Balaban J connectivity index is 0.00000256. The quantitative estimate of drug-likeness (QED) is 0.584. The van der Waals surface area contributed by atoms with E-state index >= 15 is 0 Å². The smallest absolute Gasteiger partial charge is 0.550 e. The number of carbonyl (C=O) groups excluding carboxylic acids is 1. The van der Waals surface area contributed by atoms with Crippen LogP contribution < -0.4 is 34.7 Å². The van der Waals surface area contributed by atoms with Crippen LogP contribution in [-0.2, 0) is 4.79 Å². The summed E-state index contributed by atoms with van der Waals surface area (Å²) < 4.78 is 0. The van der Waals surface area contributed by atoms with Crippen molar-refractivity contribution in [3.63, 3.8) is 0 Å². The molecule has 1 aliphatic rings. The standard InChI is InChI=1S/C13H24O3.Na/c14-12-8-6-4-2-1-3-5-7-11(9-10-12)13(15)16;/h11-12,14H,1-10H2,(H,15,16);/q;+1/p-1. The summed E-state index contributed by atoms with van der Waals surface area (Å²) in [4.78, 5) is 10.9. The summed E-state index contributed by atoms with van der Waals surface area (Å²) in [5, 5.41) is 20.6. The molecule has 94 valence electrons. The summed E-state index contributed by atoms with van der Waals surface area (Å²) in [7, 11) is 0. The third-order valence-corrected chi connectivity index (χ3v) is 3.52.